The van der Waals surface area contributed by atoms with Crippen LogP contribution in [0.25, 0.3) is 0 Å². The Morgan fingerprint density at radius 3 is 2.07 bits per heavy atom. The quantitative estimate of drug-likeness (QED) is 0.635. The van der Waals surface area contributed by atoms with Crippen LogP contribution in [0.5, 0.6) is 0 Å². The maximum Gasteiger partial charge on any atom is 0.219 e. The van der Waals surface area contributed by atoms with Crippen LogP contribution in [0.1, 0.15) is 41.0 Å². The average molecular weight is 197 g/mol. The number of hydrogen-bond acceptors (Lipinski definition) is 1. The third-order valence-corrected chi connectivity index (χ3v) is 2.82. The summed E-state index contributed by atoms with van der Waals surface area (Å²) in [5.74, 6) is 0.106. The van der Waals surface area contributed by atoms with E-state index in [2.05, 4.69) is 34.3 Å². The van der Waals surface area contributed by atoms with E-state index in [9.17, 15) is 4.79 Å². The van der Waals surface area contributed by atoms with Crippen LogP contribution < -0.4 is 0 Å². The molecule has 0 aromatic carbocycles. The summed E-state index contributed by atoms with van der Waals surface area (Å²) in [6, 6.07) is 0. The van der Waals surface area contributed by atoms with E-state index in [0.717, 1.165) is 6.42 Å². The summed E-state index contributed by atoms with van der Waals surface area (Å²) in [5, 5.41) is 0. The maximum atomic E-state index is 11.3. The van der Waals surface area contributed by atoms with Crippen LogP contribution in [0.3, 0.4) is 0 Å². The Hall–Kier alpha value is -0.790. The van der Waals surface area contributed by atoms with Crippen molar-refractivity contribution in [1.29, 1.82) is 0 Å². The molecule has 2 nitrogen and oxygen atoms in total. The lowest BCUT2D eigenvalue weighted by Gasteiger charge is -2.40. The molecule has 0 atom stereocenters. The predicted octanol–water partition coefficient (Wildman–Crippen LogP) is 2.85. The normalized spacial score (nSPS) is 12.4. The number of carbonyl (C=O) groups is 1. The maximum absolute atomic E-state index is 11.3. The molecule has 0 spiro atoms. The Morgan fingerprint density at radius 1 is 1.36 bits per heavy atom. The monoisotopic (exact) mass is 197 g/mol. The molecule has 0 aliphatic rings. The molecule has 0 N–H and O–H groups in total. The van der Waals surface area contributed by atoms with E-state index in [0.29, 0.717) is 0 Å². The van der Waals surface area contributed by atoms with Crippen molar-refractivity contribution in [2.75, 3.05) is 7.05 Å². The largest absolute Gasteiger partial charge is 0.341 e. The zero-order valence-electron chi connectivity index (χ0n) is 10.3. The second-order valence-corrected chi connectivity index (χ2v) is 5.26. The van der Waals surface area contributed by atoms with Crippen molar-refractivity contribution in [3.63, 3.8) is 0 Å². The summed E-state index contributed by atoms with van der Waals surface area (Å²) >= 11 is 0. The van der Waals surface area contributed by atoms with Gasteiger partial charge in [0.2, 0.25) is 5.91 Å². The summed E-state index contributed by atoms with van der Waals surface area (Å²) in [7, 11) is 1.85. The van der Waals surface area contributed by atoms with E-state index in [1.54, 1.807) is 11.8 Å². The van der Waals surface area contributed by atoms with Crippen molar-refractivity contribution < 1.29 is 4.79 Å². The van der Waals surface area contributed by atoms with E-state index < -0.39 is 0 Å². The highest BCUT2D eigenvalue weighted by Crippen LogP contribution is 2.31. The number of rotatable bonds is 4. The molecule has 0 rings (SSSR count). The number of carbonyl (C=O) groups excluding carboxylic acids is 1. The van der Waals surface area contributed by atoms with Crippen LogP contribution in [0.2, 0.25) is 0 Å². The first-order valence-electron chi connectivity index (χ1n) is 5.00. The Labute approximate surface area is 88.0 Å². The Balaban J connectivity index is 4.64. The molecule has 0 aliphatic carbocycles. The molecule has 0 aliphatic heterocycles. The van der Waals surface area contributed by atoms with Gasteiger partial charge in [-0.3, -0.25) is 4.79 Å². The lowest BCUT2D eigenvalue weighted by atomic mass is 9.79. The average Bonchev–Trinajstić information content (AvgIpc) is 2.01. The smallest absolute Gasteiger partial charge is 0.219 e. The minimum absolute atomic E-state index is 0.0627. The number of nitrogens with zero attached hydrogens (tertiary/aromatic N) is 1. The van der Waals surface area contributed by atoms with Crippen molar-refractivity contribution in [2.24, 2.45) is 5.41 Å². The molecule has 0 heterocycles. The van der Waals surface area contributed by atoms with Crippen LogP contribution in [-0.4, -0.2) is 23.4 Å². The van der Waals surface area contributed by atoms with Gasteiger partial charge < -0.3 is 4.90 Å². The fourth-order valence-electron chi connectivity index (χ4n) is 1.73. The van der Waals surface area contributed by atoms with Gasteiger partial charge in [-0.15, -0.1) is 6.58 Å². The zero-order valence-corrected chi connectivity index (χ0v) is 10.3. The fraction of sp³-hybridized carbons (Fsp3) is 0.750. The summed E-state index contributed by atoms with van der Waals surface area (Å²) in [6.07, 6.45) is 2.86. The molecular formula is C12H23NO. The molecule has 14 heavy (non-hydrogen) atoms. The minimum atomic E-state index is -0.122. The zero-order chi connectivity index (χ0) is 11.6. The van der Waals surface area contributed by atoms with Crippen LogP contribution >= 0.6 is 0 Å². The molecule has 0 aromatic rings. The van der Waals surface area contributed by atoms with Gasteiger partial charge in [-0.05, 0) is 25.7 Å². The van der Waals surface area contributed by atoms with Crippen LogP contribution in [0, 0.1) is 5.41 Å². The summed E-state index contributed by atoms with van der Waals surface area (Å²) in [5.41, 5.74) is -0.0588. The molecular weight excluding hydrogens is 174 g/mol. The third-order valence-electron chi connectivity index (χ3n) is 2.82. The highest BCUT2D eigenvalue weighted by atomic mass is 16.2. The van der Waals surface area contributed by atoms with Gasteiger partial charge in [-0.25, -0.2) is 0 Å². The number of hydrogen-bond donors (Lipinski definition) is 0. The molecule has 82 valence electrons. The second-order valence-electron chi connectivity index (χ2n) is 5.26. The lowest BCUT2D eigenvalue weighted by molar-refractivity contribution is -0.132. The Kier molecular flexibility index (Phi) is 3.92. The van der Waals surface area contributed by atoms with Gasteiger partial charge in [-0.2, -0.15) is 0 Å². The predicted molar refractivity (Wildman–Crippen MR) is 61.1 cm³/mol. The van der Waals surface area contributed by atoms with Crippen LogP contribution in [-0.2, 0) is 4.79 Å². The van der Waals surface area contributed by atoms with Gasteiger partial charge in [-0.1, -0.05) is 19.9 Å². The van der Waals surface area contributed by atoms with Crippen LogP contribution in [0.15, 0.2) is 12.7 Å². The van der Waals surface area contributed by atoms with Gasteiger partial charge >= 0.3 is 0 Å². The lowest BCUT2D eigenvalue weighted by Crippen LogP contribution is -2.46. The highest BCUT2D eigenvalue weighted by Gasteiger charge is 2.31. The molecule has 0 saturated carbocycles. The van der Waals surface area contributed by atoms with E-state index >= 15 is 0 Å². The Bertz CT molecular complexity index is 228. The Morgan fingerprint density at radius 2 is 1.79 bits per heavy atom. The fourth-order valence-corrected chi connectivity index (χ4v) is 1.73. The SMILES string of the molecule is C=CC(C)(C)CC(C)(C)N(C)C(C)=O. The van der Waals surface area contributed by atoms with E-state index in [1.165, 1.54) is 0 Å². The van der Waals surface area contributed by atoms with Crippen molar-refractivity contribution in [3.05, 3.63) is 12.7 Å². The number of amides is 1. The van der Waals surface area contributed by atoms with Gasteiger partial charge in [0, 0.05) is 19.5 Å². The second kappa shape index (κ2) is 4.16. The summed E-state index contributed by atoms with van der Waals surface area (Å²) < 4.78 is 0. The van der Waals surface area contributed by atoms with E-state index in [1.807, 2.05) is 13.1 Å². The van der Waals surface area contributed by atoms with E-state index in [4.69, 9.17) is 0 Å². The molecule has 2 heteroatoms. The van der Waals surface area contributed by atoms with E-state index in [-0.39, 0.29) is 16.9 Å². The van der Waals surface area contributed by atoms with Crippen molar-refractivity contribution in [3.8, 4) is 0 Å². The molecule has 1 amide bonds. The van der Waals surface area contributed by atoms with Gasteiger partial charge in [0.1, 0.15) is 0 Å². The molecule has 0 unspecified atom stereocenters. The molecule has 0 saturated heterocycles. The topological polar surface area (TPSA) is 20.3 Å². The van der Waals surface area contributed by atoms with Crippen molar-refractivity contribution in [1.82, 2.24) is 4.90 Å². The van der Waals surface area contributed by atoms with Gasteiger partial charge in [0.25, 0.3) is 0 Å². The van der Waals surface area contributed by atoms with Gasteiger partial charge in [0.05, 0.1) is 0 Å². The van der Waals surface area contributed by atoms with Crippen LogP contribution in [0.4, 0.5) is 0 Å². The third kappa shape index (κ3) is 3.52. The summed E-state index contributed by atoms with van der Waals surface area (Å²) in [4.78, 5) is 13.1. The first-order valence-corrected chi connectivity index (χ1v) is 5.00. The molecule has 0 radical (unpaired) electrons. The molecule has 0 fully saturated rings. The molecule has 0 aromatic heterocycles. The highest BCUT2D eigenvalue weighted by molar-refractivity contribution is 5.73. The summed E-state index contributed by atoms with van der Waals surface area (Å²) in [6.45, 7) is 13.9. The first-order chi connectivity index (χ1) is 6.12. The first kappa shape index (κ1) is 13.2. The van der Waals surface area contributed by atoms with Crippen molar-refractivity contribution >= 4 is 5.91 Å². The molecule has 0 bridgehead atoms. The van der Waals surface area contributed by atoms with Crippen molar-refractivity contribution in [2.45, 2.75) is 46.6 Å². The van der Waals surface area contributed by atoms with Gasteiger partial charge in [0.15, 0.2) is 0 Å². The number of allylic oxidation sites excluding steroid dienone is 1. The standard InChI is InChI=1S/C12H23NO/c1-8-11(3,4)9-12(5,6)13(7)10(2)14/h8H,1,9H2,2-7H3. The minimum Gasteiger partial charge on any atom is -0.341 e.